The average molecular weight is 241 g/mol. The standard InChI is InChI=1S/C9H12FN5O2/c10-4-1-5(8(12)6(11)2-4)9(17)7(16)3-14-15-13/h1-2,7,9,16-17H,3,11-12H2. The Hall–Kier alpha value is -2.02. The lowest BCUT2D eigenvalue weighted by atomic mass is 10.0. The number of aliphatic hydroxyl groups excluding tert-OH is 2. The minimum Gasteiger partial charge on any atom is -0.397 e. The highest BCUT2D eigenvalue weighted by atomic mass is 19.1. The van der Waals surface area contributed by atoms with Crippen molar-refractivity contribution in [3.05, 3.63) is 34.0 Å². The molecule has 7 nitrogen and oxygen atoms in total. The molecule has 0 aliphatic heterocycles. The summed E-state index contributed by atoms with van der Waals surface area (Å²) < 4.78 is 13.1. The fraction of sp³-hybridized carbons (Fsp3) is 0.333. The van der Waals surface area contributed by atoms with Crippen molar-refractivity contribution in [3.8, 4) is 0 Å². The fourth-order valence-electron chi connectivity index (χ4n) is 1.33. The molecule has 8 heteroatoms. The van der Waals surface area contributed by atoms with Gasteiger partial charge in [-0.1, -0.05) is 5.11 Å². The van der Waals surface area contributed by atoms with E-state index in [1.165, 1.54) is 0 Å². The monoisotopic (exact) mass is 241 g/mol. The first-order chi connectivity index (χ1) is 7.97. The van der Waals surface area contributed by atoms with Gasteiger partial charge in [0.25, 0.3) is 0 Å². The van der Waals surface area contributed by atoms with Gasteiger partial charge in [0.2, 0.25) is 0 Å². The minimum atomic E-state index is -1.47. The molecule has 0 bridgehead atoms. The highest BCUT2D eigenvalue weighted by Crippen LogP contribution is 2.29. The van der Waals surface area contributed by atoms with E-state index in [2.05, 4.69) is 10.0 Å². The number of hydrogen-bond donors (Lipinski definition) is 4. The molecule has 0 aliphatic carbocycles. The van der Waals surface area contributed by atoms with Crippen LogP contribution in [0.2, 0.25) is 0 Å². The maximum atomic E-state index is 13.1. The van der Waals surface area contributed by atoms with E-state index in [0.717, 1.165) is 12.1 Å². The summed E-state index contributed by atoms with van der Waals surface area (Å²) in [6, 6.07) is 1.97. The average Bonchev–Trinajstić information content (AvgIpc) is 2.29. The summed E-state index contributed by atoms with van der Waals surface area (Å²) >= 11 is 0. The Labute approximate surface area is 96.1 Å². The maximum Gasteiger partial charge on any atom is 0.125 e. The second-order valence-corrected chi connectivity index (χ2v) is 3.42. The summed E-state index contributed by atoms with van der Waals surface area (Å²) in [4.78, 5) is 2.43. The first-order valence-corrected chi connectivity index (χ1v) is 4.68. The largest absolute Gasteiger partial charge is 0.397 e. The van der Waals surface area contributed by atoms with E-state index >= 15 is 0 Å². The van der Waals surface area contributed by atoms with Gasteiger partial charge in [0.1, 0.15) is 11.9 Å². The Kier molecular flexibility index (Phi) is 4.11. The van der Waals surface area contributed by atoms with Gasteiger partial charge in [-0.3, -0.25) is 0 Å². The van der Waals surface area contributed by atoms with E-state index in [4.69, 9.17) is 17.0 Å². The van der Waals surface area contributed by atoms with Crippen molar-refractivity contribution >= 4 is 11.4 Å². The molecular formula is C9H12FN5O2. The smallest absolute Gasteiger partial charge is 0.125 e. The molecule has 1 aromatic rings. The lowest BCUT2D eigenvalue weighted by Crippen LogP contribution is -2.22. The zero-order chi connectivity index (χ0) is 13.0. The maximum absolute atomic E-state index is 13.1. The number of nitrogens with two attached hydrogens (primary N) is 2. The molecule has 1 rings (SSSR count). The van der Waals surface area contributed by atoms with Gasteiger partial charge >= 0.3 is 0 Å². The van der Waals surface area contributed by atoms with Gasteiger partial charge < -0.3 is 21.7 Å². The first-order valence-electron chi connectivity index (χ1n) is 4.68. The summed E-state index contributed by atoms with van der Waals surface area (Å²) in [5.41, 5.74) is 19.0. The Bertz CT molecular complexity index is 461. The molecule has 17 heavy (non-hydrogen) atoms. The number of hydrogen-bond acceptors (Lipinski definition) is 5. The molecule has 92 valence electrons. The topological polar surface area (TPSA) is 141 Å². The Balaban J connectivity index is 3.02. The number of anilines is 2. The third kappa shape index (κ3) is 2.97. The molecule has 0 saturated heterocycles. The SMILES string of the molecule is [N-]=[N+]=NCC(O)C(O)c1cc(F)cc(N)c1N. The van der Waals surface area contributed by atoms with Crippen LogP contribution in [0.25, 0.3) is 10.4 Å². The van der Waals surface area contributed by atoms with Crippen LogP contribution < -0.4 is 11.5 Å². The quantitative estimate of drug-likeness (QED) is 0.266. The molecule has 0 spiro atoms. The highest BCUT2D eigenvalue weighted by molar-refractivity contribution is 5.68. The van der Waals surface area contributed by atoms with Crippen molar-refractivity contribution in [2.45, 2.75) is 12.2 Å². The van der Waals surface area contributed by atoms with Crippen LogP contribution in [0.3, 0.4) is 0 Å². The predicted molar refractivity (Wildman–Crippen MR) is 60.2 cm³/mol. The number of aliphatic hydroxyl groups is 2. The van der Waals surface area contributed by atoms with Gasteiger partial charge in [-0.05, 0) is 17.7 Å². The second-order valence-electron chi connectivity index (χ2n) is 3.42. The molecule has 0 aromatic heterocycles. The van der Waals surface area contributed by atoms with E-state index in [1.807, 2.05) is 0 Å². The summed E-state index contributed by atoms with van der Waals surface area (Å²) in [6.07, 6.45) is -2.85. The molecule has 0 heterocycles. The molecule has 0 radical (unpaired) electrons. The molecule has 0 fully saturated rings. The Morgan fingerprint density at radius 2 is 2.06 bits per heavy atom. The van der Waals surface area contributed by atoms with Crippen LogP contribution in [0.5, 0.6) is 0 Å². The van der Waals surface area contributed by atoms with Crippen molar-refractivity contribution in [2.24, 2.45) is 5.11 Å². The number of rotatable bonds is 4. The molecular weight excluding hydrogens is 229 g/mol. The van der Waals surface area contributed by atoms with E-state index in [-0.39, 0.29) is 23.5 Å². The number of azide groups is 1. The Morgan fingerprint density at radius 3 is 2.65 bits per heavy atom. The molecule has 0 amide bonds. The number of nitrogens with zero attached hydrogens (tertiary/aromatic N) is 3. The lowest BCUT2D eigenvalue weighted by molar-refractivity contribution is 0.0247. The first kappa shape index (κ1) is 13.0. The van der Waals surface area contributed by atoms with Crippen LogP contribution in [0.4, 0.5) is 15.8 Å². The third-order valence-electron chi connectivity index (χ3n) is 2.22. The van der Waals surface area contributed by atoms with Gasteiger partial charge in [-0.15, -0.1) is 0 Å². The van der Waals surface area contributed by atoms with Gasteiger partial charge in [-0.2, -0.15) is 0 Å². The zero-order valence-electron chi connectivity index (χ0n) is 8.79. The van der Waals surface area contributed by atoms with E-state index in [9.17, 15) is 14.6 Å². The number of benzene rings is 1. The molecule has 6 N–H and O–H groups in total. The van der Waals surface area contributed by atoms with Crippen LogP contribution >= 0.6 is 0 Å². The normalized spacial score (nSPS) is 13.8. The zero-order valence-corrected chi connectivity index (χ0v) is 8.79. The van der Waals surface area contributed by atoms with Crippen molar-refractivity contribution < 1.29 is 14.6 Å². The van der Waals surface area contributed by atoms with Crippen molar-refractivity contribution in [3.63, 3.8) is 0 Å². The molecule has 0 saturated carbocycles. The minimum absolute atomic E-state index is 0.0149. The lowest BCUT2D eigenvalue weighted by Gasteiger charge is -2.19. The van der Waals surface area contributed by atoms with E-state index < -0.39 is 18.0 Å². The van der Waals surface area contributed by atoms with Crippen LogP contribution in [-0.2, 0) is 0 Å². The van der Waals surface area contributed by atoms with Crippen molar-refractivity contribution in [2.75, 3.05) is 18.0 Å². The van der Waals surface area contributed by atoms with Gasteiger partial charge in [-0.25, -0.2) is 4.39 Å². The molecule has 1 aromatic carbocycles. The summed E-state index contributed by atoms with van der Waals surface area (Å²) in [7, 11) is 0. The van der Waals surface area contributed by atoms with Crippen LogP contribution in [0.15, 0.2) is 17.2 Å². The van der Waals surface area contributed by atoms with Crippen molar-refractivity contribution in [1.29, 1.82) is 0 Å². The van der Waals surface area contributed by atoms with Gasteiger partial charge in [0, 0.05) is 10.5 Å². The summed E-state index contributed by atoms with van der Waals surface area (Å²) in [6.45, 7) is -0.354. The van der Waals surface area contributed by atoms with Gasteiger partial charge in [0.05, 0.1) is 24.0 Å². The fourth-order valence-corrected chi connectivity index (χ4v) is 1.33. The third-order valence-corrected chi connectivity index (χ3v) is 2.22. The van der Waals surface area contributed by atoms with E-state index in [1.54, 1.807) is 0 Å². The molecule has 0 aliphatic rings. The van der Waals surface area contributed by atoms with Crippen LogP contribution in [0.1, 0.15) is 11.7 Å². The molecule has 2 atom stereocenters. The summed E-state index contributed by atoms with van der Waals surface area (Å²) in [5.74, 6) is -0.679. The second kappa shape index (κ2) is 5.35. The van der Waals surface area contributed by atoms with Crippen LogP contribution in [0, 0.1) is 5.82 Å². The van der Waals surface area contributed by atoms with Gasteiger partial charge in [0.15, 0.2) is 0 Å². The highest BCUT2D eigenvalue weighted by Gasteiger charge is 2.21. The summed E-state index contributed by atoms with van der Waals surface area (Å²) in [5, 5.41) is 22.3. The molecule has 2 unspecified atom stereocenters. The van der Waals surface area contributed by atoms with Crippen LogP contribution in [-0.4, -0.2) is 22.9 Å². The number of halogens is 1. The number of nitrogen functional groups attached to an aromatic ring is 2. The van der Waals surface area contributed by atoms with Crippen molar-refractivity contribution in [1.82, 2.24) is 0 Å². The predicted octanol–water partition coefficient (Wildman–Crippen LogP) is 0.695. The Morgan fingerprint density at radius 1 is 1.41 bits per heavy atom. The van der Waals surface area contributed by atoms with E-state index in [0.29, 0.717) is 0 Å².